The maximum atomic E-state index is 5.63. The zero-order valence-corrected chi connectivity index (χ0v) is 10.5. The fraction of sp³-hybridized carbons (Fsp3) is 0.750. The summed E-state index contributed by atoms with van der Waals surface area (Å²) in [5.41, 5.74) is 0.934. The second kappa shape index (κ2) is 7.41. The van der Waals surface area contributed by atoms with Gasteiger partial charge in [0.15, 0.2) is 5.76 Å². The summed E-state index contributed by atoms with van der Waals surface area (Å²) < 4.78 is 10.8. The lowest BCUT2D eigenvalue weighted by Crippen LogP contribution is -2.11. The fourth-order valence-electron chi connectivity index (χ4n) is 1.47. The average Bonchev–Trinajstić information content (AvgIpc) is 2.72. The molecule has 0 aliphatic rings. The third kappa shape index (κ3) is 4.77. The van der Waals surface area contributed by atoms with Crippen LogP contribution in [0.4, 0.5) is 0 Å². The summed E-state index contributed by atoms with van der Waals surface area (Å²) in [5.74, 6) is 0.802. The number of nitrogens with zero attached hydrogens (tertiary/aromatic N) is 1. The van der Waals surface area contributed by atoms with Crippen molar-refractivity contribution in [2.24, 2.45) is 0 Å². The van der Waals surface area contributed by atoms with Crippen LogP contribution in [0.2, 0.25) is 0 Å². The maximum Gasteiger partial charge on any atom is 0.162 e. The van der Waals surface area contributed by atoms with Crippen molar-refractivity contribution in [3.8, 4) is 0 Å². The van der Waals surface area contributed by atoms with Gasteiger partial charge >= 0.3 is 0 Å². The summed E-state index contributed by atoms with van der Waals surface area (Å²) in [7, 11) is 0. The van der Waals surface area contributed by atoms with Crippen molar-refractivity contribution in [2.45, 2.75) is 52.9 Å². The Morgan fingerprint density at radius 3 is 3.00 bits per heavy atom. The SMILES string of the molecule is CCCC(C)OCc1cc(CNCC)no1. The van der Waals surface area contributed by atoms with Crippen LogP contribution in [0.1, 0.15) is 45.1 Å². The van der Waals surface area contributed by atoms with Crippen LogP contribution in [0.5, 0.6) is 0 Å². The molecule has 0 bridgehead atoms. The van der Waals surface area contributed by atoms with Crippen molar-refractivity contribution in [3.63, 3.8) is 0 Å². The molecule has 0 fully saturated rings. The molecule has 4 nitrogen and oxygen atoms in total. The van der Waals surface area contributed by atoms with Crippen molar-refractivity contribution in [3.05, 3.63) is 17.5 Å². The van der Waals surface area contributed by atoms with E-state index in [0.29, 0.717) is 6.61 Å². The zero-order chi connectivity index (χ0) is 11.8. The van der Waals surface area contributed by atoms with Gasteiger partial charge in [0.25, 0.3) is 0 Å². The second-order valence-corrected chi connectivity index (χ2v) is 3.98. The molecule has 1 unspecified atom stereocenters. The summed E-state index contributed by atoms with van der Waals surface area (Å²) in [5, 5.41) is 7.16. The zero-order valence-electron chi connectivity index (χ0n) is 10.5. The molecule has 0 saturated carbocycles. The summed E-state index contributed by atoms with van der Waals surface area (Å²) in [6, 6.07) is 1.95. The first kappa shape index (κ1) is 13.2. The normalized spacial score (nSPS) is 12.9. The third-order valence-corrected chi connectivity index (χ3v) is 2.37. The van der Waals surface area contributed by atoms with Crippen LogP contribution in [0.25, 0.3) is 0 Å². The number of ether oxygens (including phenoxy) is 1. The molecule has 1 rings (SSSR count). The Balaban J connectivity index is 2.28. The van der Waals surface area contributed by atoms with E-state index in [4.69, 9.17) is 9.26 Å². The Kier molecular flexibility index (Phi) is 6.11. The van der Waals surface area contributed by atoms with Gasteiger partial charge in [0, 0.05) is 12.6 Å². The van der Waals surface area contributed by atoms with Gasteiger partial charge in [-0.05, 0) is 19.9 Å². The van der Waals surface area contributed by atoms with E-state index in [1.54, 1.807) is 0 Å². The van der Waals surface area contributed by atoms with Gasteiger partial charge in [-0.1, -0.05) is 25.4 Å². The Bertz CT molecular complexity index is 286. The first-order valence-electron chi connectivity index (χ1n) is 6.03. The lowest BCUT2D eigenvalue weighted by Gasteiger charge is -2.09. The molecule has 0 amide bonds. The minimum absolute atomic E-state index is 0.285. The molecule has 0 aliphatic carbocycles. The van der Waals surface area contributed by atoms with Crippen LogP contribution in [-0.4, -0.2) is 17.8 Å². The monoisotopic (exact) mass is 226 g/mol. The van der Waals surface area contributed by atoms with Crippen LogP contribution >= 0.6 is 0 Å². The lowest BCUT2D eigenvalue weighted by atomic mass is 10.2. The molecule has 16 heavy (non-hydrogen) atoms. The molecule has 1 heterocycles. The van der Waals surface area contributed by atoms with Gasteiger partial charge in [-0.25, -0.2) is 0 Å². The number of hydrogen-bond donors (Lipinski definition) is 1. The van der Waals surface area contributed by atoms with Crippen LogP contribution in [0.15, 0.2) is 10.6 Å². The third-order valence-electron chi connectivity index (χ3n) is 2.37. The van der Waals surface area contributed by atoms with Gasteiger partial charge in [-0.3, -0.25) is 0 Å². The second-order valence-electron chi connectivity index (χ2n) is 3.98. The summed E-state index contributed by atoms with van der Waals surface area (Å²) >= 11 is 0. The molecule has 0 aromatic carbocycles. The first-order valence-corrected chi connectivity index (χ1v) is 6.03. The van der Waals surface area contributed by atoms with E-state index in [1.165, 1.54) is 0 Å². The van der Waals surface area contributed by atoms with E-state index in [1.807, 2.05) is 6.07 Å². The predicted octanol–water partition coefficient (Wildman–Crippen LogP) is 2.49. The van der Waals surface area contributed by atoms with E-state index >= 15 is 0 Å². The van der Waals surface area contributed by atoms with Gasteiger partial charge in [0.05, 0.1) is 11.8 Å². The topological polar surface area (TPSA) is 47.3 Å². The molecule has 1 N–H and O–H groups in total. The molecule has 0 radical (unpaired) electrons. The summed E-state index contributed by atoms with van der Waals surface area (Å²) in [6.07, 6.45) is 2.51. The molecular weight excluding hydrogens is 204 g/mol. The highest BCUT2D eigenvalue weighted by Crippen LogP contribution is 2.08. The molecule has 1 atom stereocenters. The Morgan fingerprint density at radius 1 is 1.50 bits per heavy atom. The number of rotatable bonds is 8. The van der Waals surface area contributed by atoms with Gasteiger partial charge in [0.1, 0.15) is 6.61 Å². The number of aromatic nitrogens is 1. The van der Waals surface area contributed by atoms with Crippen LogP contribution in [0, 0.1) is 0 Å². The van der Waals surface area contributed by atoms with Crippen LogP contribution in [-0.2, 0) is 17.9 Å². The highest BCUT2D eigenvalue weighted by Gasteiger charge is 2.06. The van der Waals surface area contributed by atoms with Gasteiger partial charge in [0.2, 0.25) is 0 Å². The average molecular weight is 226 g/mol. The standard InChI is InChI=1S/C12H22N2O2/c1-4-6-10(3)15-9-12-7-11(14-16-12)8-13-5-2/h7,10,13H,4-6,8-9H2,1-3H3. The van der Waals surface area contributed by atoms with E-state index in [0.717, 1.165) is 37.4 Å². The molecule has 1 aromatic rings. The highest BCUT2D eigenvalue weighted by molar-refractivity contribution is 5.04. The van der Waals surface area contributed by atoms with Crippen molar-refractivity contribution in [1.82, 2.24) is 10.5 Å². The first-order chi connectivity index (χ1) is 7.76. The molecule has 1 aromatic heterocycles. The predicted molar refractivity (Wildman–Crippen MR) is 63.0 cm³/mol. The van der Waals surface area contributed by atoms with Crippen molar-refractivity contribution < 1.29 is 9.26 Å². The summed E-state index contributed by atoms with van der Waals surface area (Å²) in [4.78, 5) is 0. The lowest BCUT2D eigenvalue weighted by molar-refractivity contribution is 0.0344. The molecule has 0 aliphatic heterocycles. The van der Waals surface area contributed by atoms with E-state index in [9.17, 15) is 0 Å². The van der Waals surface area contributed by atoms with E-state index in [2.05, 4.69) is 31.2 Å². The van der Waals surface area contributed by atoms with E-state index in [-0.39, 0.29) is 6.10 Å². The minimum Gasteiger partial charge on any atom is -0.370 e. The van der Waals surface area contributed by atoms with Crippen molar-refractivity contribution in [2.75, 3.05) is 6.54 Å². The molecule has 92 valence electrons. The maximum absolute atomic E-state index is 5.63. The number of nitrogens with one attached hydrogen (secondary N) is 1. The Morgan fingerprint density at radius 2 is 2.31 bits per heavy atom. The van der Waals surface area contributed by atoms with Gasteiger partial charge < -0.3 is 14.6 Å². The van der Waals surface area contributed by atoms with Crippen LogP contribution < -0.4 is 5.32 Å². The van der Waals surface area contributed by atoms with Crippen molar-refractivity contribution in [1.29, 1.82) is 0 Å². The minimum atomic E-state index is 0.285. The molecular formula is C12H22N2O2. The molecule has 0 saturated heterocycles. The van der Waals surface area contributed by atoms with Crippen molar-refractivity contribution >= 4 is 0 Å². The van der Waals surface area contributed by atoms with Crippen LogP contribution in [0.3, 0.4) is 0 Å². The summed E-state index contributed by atoms with van der Waals surface area (Å²) in [6.45, 7) is 8.51. The number of hydrogen-bond acceptors (Lipinski definition) is 4. The Labute approximate surface area is 97.3 Å². The van der Waals surface area contributed by atoms with Gasteiger partial charge in [-0.2, -0.15) is 0 Å². The van der Waals surface area contributed by atoms with Gasteiger partial charge in [-0.15, -0.1) is 0 Å². The largest absolute Gasteiger partial charge is 0.370 e. The molecule has 0 spiro atoms. The quantitative estimate of drug-likeness (QED) is 0.739. The van der Waals surface area contributed by atoms with E-state index < -0.39 is 0 Å². The Hall–Kier alpha value is -0.870. The molecule has 4 heteroatoms. The smallest absolute Gasteiger partial charge is 0.162 e. The fourth-order valence-corrected chi connectivity index (χ4v) is 1.47. The highest BCUT2D eigenvalue weighted by atomic mass is 16.5.